The fourth-order valence-corrected chi connectivity index (χ4v) is 6.34. The largest absolute Gasteiger partial charge is 0.481 e. The van der Waals surface area contributed by atoms with Crippen molar-refractivity contribution in [1.82, 2.24) is 10.1 Å². The highest BCUT2D eigenvalue weighted by Crippen LogP contribution is 2.44. The van der Waals surface area contributed by atoms with Crippen molar-refractivity contribution in [2.24, 2.45) is 11.8 Å². The van der Waals surface area contributed by atoms with E-state index in [0.717, 1.165) is 61.2 Å². The zero-order valence-electron chi connectivity index (χ0n) is 16.5. The number of fused-ring (bicyclic) bond motifs is 1. The first kappa shape index (κ1) is 19.0. The van der Waals surface area contributed by atoms with Crippen molar-refractivity contribution < 1.29 is 19.2 Å². The molecule has 2 aromatic rings. The Bertz CT molecular complexity index is 943. The number of aliphatic carboxylic acids is 1. The summed E-state index contributed by atoms with van der Waals surface area (Å²) in [6.45, 7) is 0. The first-order valence-corrected chi connectivity index (χ1v) is 11.7. The molecule has 7 heteroatoms. The zero-order chi connectivity index (χ0) is 20.0. The van der Waals surface area contributed by atoms with Crippen molar-refractivity contribution in [3.8, 4) is 11.5 Å². The van der Waals surface area contributed by atoms with E-state index in [0.29, 0.717) is 24.7 Å². The number of carboxylic acid groups (broad SMARTS) is 1. The Morgan fingerprint density at radius 1 is 1.03 bits per heavy atom. The van der Waals surface area contributed by atoms with Crippen LogP contribution in [0.5, 0.6) is 0 Å². The summed E-state index contributed by atoms with van der Waals surface area (Å²) in [6.07, 6.45) is 9.95. The Morgan fingerprint density at radius 2 is 1.79 bits per heavy atom. The van der Waals surface area contributed by atoms with Gasteiger partial charge in [0.1, 0.15) is 5.78 Å². The van der Waals surface area contributed by atoms with E-state index in [1.807, 2.05) is 0 Å². The van der Waals surface area contributed by atoms with E-state index in [1.54, 1.807) is 11.3 Å². The molecular weight excluding hydrogens is 388 g/mol. The Labute approximate surface area is 173 Å². The molecule has 6 nitrogen and oxygen atoms in total. The average Bonchev–Trinajstić information content (AvgIpc) is 3.35. The average molecular weight is 415 g/mol. The smallest absolute Gasteiger partial charge is 0.307 e. The minimum absolute atomic E-state index is 0.0545. The summed E-state index contributed by atoms with van der Waals surface area (Å²) in [7, 11) is 0. The number of rotatable bonds is 6. The zero-order valence-corrected chi connectivity index (χ0v) is 17.3. The lowest BCUT2D eigenvalue weighted by molar-refractivity contribution is -0.148. The lowest BCUT2D eigenvalue weighted by atomic mass is 9.76. The first-order chi connectivity index (χ1) is 14.1. The van der Waals surface area contributed by atoms with Crippen LogP contribution in [0.4, 0.5) is 0 Å². The number of Topliss-reactive ketones (excluding diaryl/α,β-unsaturated/α-hetero) is 1. The Balaban J connectivity index is 1.46. The molecule has 0 aliphatic heterocycles. The van der Waals surface area contributed by atoms with Gasteiger partial charge in [-0.25, -0.2) is 0 Å². The van der Waals surface area contributed by atoms with E-state index < -0.39 is 11.9 Å². The quantitative estimate of drug-likeness (QED) is 0.745. The van der Waals surface area contributed by atoms with Gasteiger partial charge in [-0.2, -0.15) is 4.98 Å². The number of nitrogens with zero attached hydrogens (tertiary/aromatic N) is 2. The molecule has 0 saturated heterocycles. The minimum Gasteiger partial charge on any atom is -0.481 e. The second-order valence-corrected chi connectivity index (χ2v) is 9.91. The van der Waals surface area contributed by atoms with Crippen LogP contribution in [-0.4, -0.2) is 27.0 Å². The van der Waals surface area contributed by atoms with Gasteiger partial charge in [-0.3, -0.25) is 9.59 Å². The second-order valence-electron chi connectivity index (χ2n) is 8.72. The lowest BCUT2D eigenvalue weighted by Gasteiger charge is -2.27. The van der Waals surface area contributed by atoms with Gasteiger partial charge in [0.15, 0.2) is 5.82 Å². The van der Waals surface area contributed by atoms with E-state index in [1.165, 1.54) is 16.9 Å². The normalized spacial score (nSPS) is 24.3. The summed E-state index contributed by atoms with van der Waals surface area (Å²) in [6, 6.07) is 0. The summed E-state index contributed by atoms with van der Waals surface area (Å²) < 4.78 is 5.64. The molecule has 0 spiro atoms. The maximum Gasteiger partial charge on any atom is 0.307 e. The molecule has 0 amide bonds. The number of aromatic nitrogens is 2. The van der Waals surface area contributed by atoms with Gasteiger partial charge in [-0.1, -0.05) is 18.0 Å². The fraction of sp³-hybridized carbons (Fsp3) is 0.636. The van der Waals surface area contributed by atoms with Gasteiger partial charge >= 0.3 is 5.97 Å². The maximum atomic E-state index is 13.2. The molecule has 2 atom stereocenters. The van der Waals surface area contributed by atoms with Gasteiger partial charge in [0.25, 0.3) is 5.89 Å². The molecule has 5 rings (SSSR count). The molecule has 3 aliphatic rings. The van der Waals surface area contributed by atoms with Gasteiger partial charge in [0.2, 0.25) is 0 Å². The van der Waals surface area contributed by atoms with Crippen molar-refractivity contribution in [2.45, 2.75) is 76.5 Å². The minimum atomic E-state index is -0.834. The third kappa shape index (κ3) is 3.65. The third-order valence-corrected chi connectivity index (χ3v) is 7.97. The summed E-state index contributed by atoms with van der Waals surface area (Å²) in [5, 5.41) is 13.8. The van der Waals surface area contributed by atoms with Gasteiger partial charge in [-0.05, 0) is 56.9 Å². The molecule has 0 unspecified atom stereocenters. The van der Waals surface area contributed by atoms with Gasteiger partial charge in [-0.15, -0.1) is 11.3 Å². The summed E-state index contributed by atoms with van der Waals surface area (Å²) in [5.74, 6) is 0.0556. The van der Waals surface area contributed by atoms with E-state index >= 15 is 0 Å². The first-order valence-electron chi connectivity index (χ1n) is 10.8. The maximum absolute atomic E-state index is 13.2. The van der Waals surface area contributed by atoms with Crippen LogP contribution < -0.4 is 0 Å². The van der Waals surface area contributed by atoms with Gasteiger partial charge < -0.3 is 9.63 Å². The molecule has 3 aliphatic carbocycles. The fourth-order valence-electron chi connectivity index (χ4n) is 4.94. The lowest BCUT2D eigenvalue weighted by Crippen LogP contribution is -2.33. The highest BCUT2D eigenvalue weighted by Gasteiger charge is 2.37. The van der Waals surface area contributed by atoms with Crippen LogP contribution in [0.3, 0.4) is 0 Å². The molecule has 29 heavy (non-hydrogen) atoms. The highest BCUT2D eigenvalue weighted by atomic mass is 32.1. The molecule has 1 N–H and O–H groups in total. The molecule has 154 valence electrons. The van der Waals surface area contributed by atoms with Crippen molar-refractivity contribution in [1.29, 1.82) is 0 Å². The molecule has 2 saturated carbocycles. The van der Waals surface area contributed by atoms with E-state index in [2.05, 4.69) is 10.1 Å². The van der Waals surface area contributed by atoms with E-state index in [-0.39, 0.29) is 18.1 Å². The Hall–Kier alpha value is -2.02. The van der Waals surface area contributed by atoms with E-state index in [4.69, 9.17) is 4.52 Å². The van der Waals surface area contributed by atoms with Crippen LogP contribution in [-0.2, 0) is 28.9 Å². The standard InChI is InChI=1S/C22H26N2O4S/c25-16(13-5-1-2-6-14(13)22(26)27)11-18-19(15-7-3-4-8-17(15)29-18)21-23-20(24-28-21)12-9-10-12/h12-14H,1-11H2,(H,26,27)/t13-,14+/m0/s1. The van der Waals surface area contributed by atoms with Crippen LogP contribution in [0.2, 0.25) is 0 Å². The number of hydrogen-bond acceptors (Lipinski definition) is 6. The molecule has 2 aromatic heterocycles. The summed E-state index contributed by atoms with van der Waals surface area (Å²) >= 11 is 1.70. The second kappa shape index (κ2) is 7.67. The van der Waals surface area contributed by atoms with Gasteiger partial charge in [0.05, 0.1) is 11.5 Å². The molecule has 0 aromatic carbocycles. The number of carbonyl (C=O) groups is 2. The van der Waals surface area contributed by atoms with Crippen molar-refractivity contribution in [3.63, 3.8) is 0 Å². The number of aryl methyl sites for hydroxylation is 1. The number of ketones is 1. The SMILES string of the molecule is O=C(Cc1sc2c(c1-c1nc(C3CC3)no1)CCCC2)[C@H]1CCCC[C@H]1C(=O)O. The molecule has 2 fully saturated rings. The van der Waals surface area contributed by atoms with Crippen molar-refractivity contribution in [2.75, 3.05) is 0 Å². The monoisotopic (exact) mass is 414 g/mol. The molecule has 0 bridgehead atoms. The number of thiophene rings is 1. The summed E-state index contributed by atoms with van der Waals surface area (Å²) in [5.41, 5.74) is 2.24. The van der Waals surface area contributed by atoms with Crippen LogP contribution >= 0.6 is 11.3 Å². The van der Waals surface area contributed by atoms with Crippen LogP contribution in [0.1, 0.15) is 78.4 Å². The van der Waals surface area contributed by atoms with Crippen LogP contribution in [0.15, 0.2) is 4.52 Å². The molecular formula is C22H26N2O4S. The number of carbonyl (C=O) groups excluding carboxylic acids is 1. The predicted octanol–water partition coefficient (Wildman–Crippen LogP) is 4.56. The van der Waals surface area contributed by atoms with Crippen molar-refractivity contribution in [3.05, 3.63) is 21.1 Å². The van der Waals surface area contributed by atoms with Gasteiger partial charge in [0, 0.05) is 28.0 Å². The number of hydrogen-bond donors (Lipinski definition) is 1. The van der Waals surface area contributed by atoms with Crippen LogP contribution in [0.25, 0.3) is 11.5 Å². The van der Waals surface area contributed by atoms with E-state index in [9.17, 15) is 14.7 Å². The topological polar surface area (TPSA) is 93.3 Å². The Morgan fingerprint density at radius 3 is 2.55 bits per heavy atom. The molecule has 0 radical (unpaired) electrons. The number of carboxylic acids is 1. The third-order valence-electron chi connectivity index (χ3n) is 6.67. The molecule has 2 heterocycles. The van der Waals surface area contributed by atoms with Crippen LogP contribution in [0, 0.1) is 11.8 Å². The van der Waals surface area contributed by atoms with Crippen molar-refractivity contribution >= 4 is 23.1 Å². The predicted molar refractivity (Wildman–Crippen MR) is 108 cm³/mol. The Kier molecular flexibility index (Phi) is 5.02. The summed E-state index contributed by atoms with van der Waals surface area (Å²) in [4.78, 5) is 31.8. The highest BCUT2D eigenvalue weighted by molar-refractivity contribution is 7.12.